The Balaban J connectivity index is 2.33. The van der Waals surface area contributed by atoms with Crippen molar-refractivity contribution in [1.82, 2.24) is 4.98 Å². The van der Waals surface area contributed by atoms with Gasteiger partial charge in [0.2, 0.25) is 0 Å². The van der Waals surface area contributed by atoms with Gasteiger partial charge in [0.25, 0.3) is 0 Å². The van der Waals surface area contributed by atoms with Crippen LogP contribution in [0.4, 0.5) is 0 Å². The third-order valence-corrected chi connectivity index (χ3v) is 2.55. The number of aromatic nitrogens is 1. The lowest BCUT2D eigenvalue weighted by Crippen LogP contribution is -2.06. The quantitative estimate of drug-likeness (QED) is 0.848. The fourth-order valence-electron chi connectivity index (χ4n) is 1.47. The highest BCUT2D eigenvalue weighted by Crippen LogP contribution is 2.32. The first kappa shape index (κ1) is 10.9. The first-order chi connectivity index (χ1) is 7.58. The molecular weight excluding hydrogens is 206 g/mol. The summed E-state index contributed by atoms with van der Waals surface area (Å²) in [6, 6.07) is 1.52. The lowest BCUT2D eigenvalue weighted by atomic mass is 10.0. The Morgan fingerprint density at radius 1 is 1.56 bits per heavy atom. The van der Waals surface area contributed by atoms with E-state index in [1.807, 2.05) is 13.8 Å². The lowest BCUT2D eigenvalue weighted by molar-refractivity contribution is 0.0689. The normalized spacial score (nSPS) is 15.2. The molecule has 0 saturated heterocycles. The van der Waals surface area contributed by atoms with Gasteiger partial charge in [-0.1, -0.05) is 13.8 Å². The molecule has 1 aromatic heterocycles. The molecule has 1 aliphatic rings. The number of carbonyl (C=O) groups is 1. The summed E-state index contributed by atoms with van der Waals surface area (Å²) in [7, 11) is 0. The molecular formula is C12H15NO3. The van der Waals surface area contributed by atoms with E-state index in [2.05, 4.69) is 4.98 Å². The fourth-order valence-corrected chi connectivity index (χ4v) is 1.47. The van der Waals surface area contributed by atoms with E-state index in [1.165, 1.54) is 6.07 Å². The maximum absolute atomic E-state index is 10.8. The van der Waals surface area contributed by atoms with Crippen LogP contribution in [-0.2, 0) is 0 Å². The highest BCUT2D eigenvalue weighted by Gasteiger charge is 2.25. The van der Waals surface area contributed by atoms with Gasteiger partial charge in [-0.2, -0.15) is 0 Å². The maximum Gasteiger partial charge on any atom is 0.354 e. The van der Waals surface area contributed by atoms with Crippen molar-refractivity contribution < 1.29 is 14.6 Å². The summed E-state index contributed by atoms with van der Waals surface area (Å²) in [5.74, 6) is -0.0649. The summed E-state index contributed by atoms with van der Waals surface area (Å²) in [6.45, 7) is 4.08. The van der Waals surface area contributed by atoms with Crippen LogP contribution in [0.3, 0.4) is 0 Å². The van der Waals surface area contributed by atoms with Crippen molar-refractivity contribution in [2.75, 3.05) is 0 Å². The van der Waals surface area contributed by atoms with Gasteiger partial charge in [0, 0.05) is 17.8 Å². The second-order valence-electron chi connectivity index (χ2n) is 4.38. The van der Waals surface area contributed by atoms with E-state index in [4.69, 9.17) is 9.84 Å². The maximum atomic E-state index is 10.8. The third kappa shape index (κ3) is 2.32. The van der Waals surface area contributed by atoms with Gasteiger partial charge in [-0.3, -0.25) is 0 Å². The molecule has 1 fully saturated rings. The van der Waals surface area contributed by atoms with Gasteiger partial charge in [-0.05, 0) is 18.8 Å². The summed E-state index contributed by atoms with van der Waals surface area (Å²) in [4.78, 5) is 14.7. The van der Waals surface area contributed by atoms with E-state index in [1.54, 1.807) is 6.20 Å². The van der Waals surface area contributed by atoms with Crippen molar-refractivity contribution in [1.29, 1.82) is 0 Å². The SMILES string of the molecule is CC(C)c1cnc(C(=O)O)cc1OC1CC1. The monoisotopic (exact) mass is 221 g/mol. The molecule has 0 aliphatic heterocycles. The smallest absolute Gasteiger partial charge is 0.354 e. The second kappa shape index (κ2) is 4.12. The molecule has 0 unspecified atom stereocenters. The number of ether oxygens (including phenoxy) is 1. The Labute approximate surface area is 94.3 Å². The Kier molecular flexibility index (Phi) is 2.81. The van der Waals surface area contributed by atoms with Gasteiger partial charge in [0.15, 0.2) is 5.69 Å². The van der Waals surface area contributed by atoms with Crippen molar-refractivity contribution >= 4 is 5.97 Å². The molecule has 1 aliphatic carbocycles. The fraction of sp³-hybridized carbons (Fsp3) is 0.500. The molecule has 0 amide bonds. The predicted octanol–water partition coefficient (Wildman–Crippen LogP) is 2.44. The Hall–Kier alpha value is -1.58. The minimum Gasteiger partial charge on any atom is -0.490 e. The van der Waals surface area contributed by atoms with E-state index < -0.39 is 5.97 Å². The van der Waals surface area contributed by atoms with Crippen LogP contribution in [0.2, 0.25) is 0 Å². The molecule has 0 radical (unpaired) electrons. The average molecular weight is 221 g/mol. The van der Waals surface area contributed by atoms with Crippen molar-refractivity contribution in [3.63, 3.8) is 0 Å². The molecule has 0 bridgehead atoms. The van der Waals surface area contributed by atoms with E-state index in [0.717, 1.165) is 18.4 Å². The van der Waals surface area contributed by atoms with Crippen LogP contribution in [0.15, 0.2) is 12.3 Å². The van der Waals surface area contributed by atoms with Crippen LogP contribution in [0.25, 0.3) is 0 Å². The van der Waals surface area contributed by atoms with Crippen LogP contribution >= 0.6 is 0 Å². The van der Waals surface area contributed by atoms with Gasteiger partial charge in [0.05, 0.1) is 6.10 Å². The number of aromatic carboxylic acids is 1. The molecule has 1 aromatic rings. The minimum atomic E-state index is -1.02. The molecule has 0 aromatic carbocycles. The molecule has 4 heteroatoms. The number of nitrogens with zero attached hydrogens (tertiary/aromatic N) is 1. The molecule has 86 valence electrons. The van der Waals surface area contributed by atoms with E-state index in [-0.39, 0.29) is 17.7 Å². The number of carboxylic acids is 1. The molecule has 0 atom stereocenters. The van der Waals surface area contributed by atoms with Crippen molar-refractivity contribution in [2.45, 2.75) is 38.7 Å². The highest BCUT2D eigenvalue weighted by molar-refractivity contribution is 5.85. The van der Waals surface area contributed by atoms with Gasteiger partial charge in [-0.15, -0.1) is 0 Å². The summed E-state index contributed by atoms with van der Waals surface area (Å²) in [6.07, 6.45) is 3.98. The van der Waals surface area contributed by atoms with E-state index in [9.17, 15) is 4.79 Å². The Bertz CT molecular complexity index is 411. The second-order valence-corrected chi connectivity index (χ2v) is 4.38. The molecule has 0 spiro atoms. The summed E-state index contributed by atoms with van der Waals surface area (Å²) in [5, 5.41) is 8.87. The van der Waals surface area contributed by atoms with Gasteiger partial charge < -0.3 is 9.84 Å². The van der Waals surface area contributed by atoms with Crippen LogP contribution in [0, 0.1) is 0 Å². The number of pyridine rings is 1. The number of hydrogen-bond donors (Lipinski definition) is 1. The number of rotatable bonds is 4. The van der Waals surface area contributed by atoms with Crippen molar-refractivity contribution in [3.05, 3.63) is 23.5 Å². The molecule has 2 rings (SSSR count). The minimum absolute atomic E-state index is 0.0417. The van der Waals surface area contributed by atoms with Crippen LogP contribution in [-0.4, -0.2) is 22.2 Å². The molecule has 1 N–H and O–H groups in total. The van der Waals surface area contributed by atoms with E-state index in [0.29, 0.717) is 5.75 Å². The van der Waals surface area contributed by atoms with Gasteiger partial charge in [0.1, 0.15) is 5.75 Å². The molecule has 1 heterocycles. The first-order valence-electron chi connectivity index (χ1n) is 5.48. The van der Waals surface area contributed by atoms with Gasteiger partial charge >= 0.3 is 5.97 Å². The zero-order chi connectivity index (χ0) is 11.7. The Morgan fingerprint density at radius 3 is 2.75 bits per heavy atom. The van der Waals surface area contributed by atoms with Crippen molar-refractivity contribution in [2.24, 2.45) is 0 Å². The number of hydrogen-bond acceptors (Lipinski definition) is 3. The average Bonchev–Trinajstić information content (AvgIpc) is 3.01. The summed E-state index contributed by atoms with van der Waals surface area (Å²) >= 11 is 0. The number of carboxylic acid groups (broad SMARTS) is 1. The summed E-state index contributed by atoms with van der Waals surface area (Å²) in [5.41, 5.74) is 1.01. The Morgan fingerprint density at radius 2 is 2.25 bits per heavy atom. The zero-order valence-electron chi connectivity index (χ0n) is 9.43. The lowest BCUT2D eigenvalue weighted by Gasteiger charge is -2.13. The summed E-state index contributed by atoms with van der Waals surface area (Å²) < 4.78 is 5.71. The molecule has 1 saturated carbocycles. The van der Waals surface area contributed by atoms with Crippen LogP contribution in [0.5, 0.6) is 5.75 Å². The largest absolute Gasteiger partial charge is 0.490 e. The molecule has 4 nitrogen and oxygen atoms in total. The van der Waals surface area contributed by atoms with Gasteiger partial charge in [-0.25, -0.2) is 9.78 Å². The van der Waals surface area contributed by atoms with Crippen LogP contribution in [0.1, 0.15) is 48.7 Å². The zero-order valence-corrected chi connectivity index (χ0v) is 9.43. The molecule has 16 heavy (non-hydrogen) atoms. The highest BCUT2D eigenvalue weighted by atomic mass is 16.5. The van der Waals surface area contributed by atoms with E-state index >= 15 is 0 Å². The van der Waals surface area contributed by atoms with Crippen molar-refractivity contribution in [3.8, 4) is 5.75 Å². The van der Waals surface area contributed by atoms with Crippen LogP contribution < -0.4 is 4.74 Å². The topological polar surface area (TPSA) is 59.4 Å². The predicted molar refractivity (Wildman–Crippen MR) is 58.9 cm³/mol. The standard InChI is InChI=1S/C12H15NO3/c1-7(2)9-6-13-10(12(14)15)5-11(9)16-8-3-4-8/h5-8H,3-4H2,1-2H3,(H,14,15). The first-order valence-corrected chi connectivity index (χ1v) is 5.48. The third-order valence-electron chi connectivity index (χ3n) is 2.55.